The Labute approximate surface area is 109 Å². The predicted molar refractivity (Wildman–Crippen MR) is 74.9 cm³/mol. The minimum atomic E-state index is 0.697. The lowest BCUT2D eigenvalue weighted by Gasteiger charge is -2.10. The first-order valence-corrected chi connectivity index (χ1v) is 6.15. The Bertz CT molecular complexity index is 512. The Morgan fingerprint density at radius 1 is 1.35 bits per heavy atom. The molecule has 0 spiro atoms. The number of halogens is 1. The van der Waals surface area contributed by atoms with Gasteiger partial charge in [-0.15, -0.1) is 0 Å². The van der Waals surface area contributed by atoms with Gasteiger partial charge in [0.25, 0.3) is 0 Å². The molecule has 0 fully saturated rings. The molecule has 0 aliphatic heterocycles. The molecule has 3 nitrogen and oxygen atoms in total. The number of rotatable bonds is 3. The number of nitrogens with two attached hydrogens (primary N) is 1. The second-order valence-electron chi connectivity index (χ2n) is 3.86. The maximum absolute atomic E-state index is 5.83. The number of hydrogen-bond donors (Lipinski definition) is 2. The van der Waals surface area contributed by atoms with Crippen LogP contribution in [0, 0.1) is 6.92 Å². The summed E-state index contributed by atoms with van der Waals surface area (Å²) in [5, 5.41) is 3.33. The minimum Gasteiger partial charge on any atom is -0.398 e. The molecule has 1 aromatic heterocycles. The Kier molecular flexibility index (Phi) is 3.64. The van der Waals surface area contributed by atoms with E-state index in [1.165, 1.54) is 0 Å². The van der Waals surface area contributed by atoms with Crippen molar-refractivity contribution in [3.05, 3.63) is 52.3 Å². The van der Waals surface area contributed by atoms with Crippen LogP contribution in [0.2, 0.25) is 0 Å². The van der Waals surface area contributed by atoms with E-state index in [4.69, 9.17) is 5.73 Å². The van der Waals surface area contributed by atoms with Gasteiger partial charge in [-0.25, -0.2) is 0 Å². The summed E-state index contributed by atoms with van der Waals surface area (Å²) in [7, 11) is 0. The maximum Gasteiger partial charge on any atom is 0.0594 e. The zero-order chi connectivity index (χ0) is 12.3. The standard InChI is InChI=1S/C13H14BrN3/c1-9-6-13(11(14)7-12(9)15)17-8-10-4-2-3-5-16-10/h2-7,17H,8,15H2,1H3. The lowest BCUT2D eigenvalue weighted by molar-refractivity contribution is 1.04. The van der Waals surface area contributed by atoms with Gasteiger partial charge in [-0.05, 0) is 52.7 Å². The van der Waals surface area contributed by atoms with E-state index in [1.54, 1.807) is 6.20 Å². The van der Waals surface area contributed by atoms with E-state index in [9.17, 15) is 0 Å². The molecule has 0 aliphatic carbocycles. The van der Waals surface area contributed by atoms with E-state index in [-0.39, 0.29) is 0 Å². The van der Waals surface area contributed by atoms with Gasteiger partial charge in [0.15, 0.2) is 0 Å². The van der Waals surface area contributed by atoms with Crippen molar-refractivity contribution in [2.24, 2.45) is 0 Å². The molecule has 0 unspecified atom stereocenters. The molecule has 0 amide bonds. The van der Waals surface area contributed by atoms with Gasteiger partial charge >= 0.3 is 0 Å². The first-order valence-electron chi connectivity index (χ1n) is 5.36. The van der Waals surface area contributed by atoms with Crippen molar-refractivity contribution in [3.63, 3.8) is 0 Å². The van der Waals surface area contributed by atoms with Crippen molar-refractivity contribution >= 4 is 27.3 Å². The first-order chi connectivity index (χ1) is 8.16. The number of aryl methyl sites for hydroxylation is 1. The third kappa shape index (κ3) is 2.97. The van der Waals surface area contributed by atoms with Crippen molar-refractivity contribution in [2.45, 2.75) is 13.5 Å². The van der Waals surface area contributed by atoms with Crippen LogP contribution in [0.25, 0.3) is 0 Å². The molecule has 0 saturated carbocycles. The molecule has 3 N–H and O–H groups in total. The topological polar surface area (TPSA) is 50.9 Å². The molecular weight excluding hydrogens is 278 g/mol. The number of anilines is 2. The smallest absolute Gasteiger partial charge is 0.0594 e. The lowest BCUT2D eigenvalue weighted by atomic mass is 10.2. The summed E-state index contributed by atoms with van der Waals surface area (Å²) < 4.78 is 0.969. The molecule has 4 heteroatoms. The SMILES string of the molecule is Cc1cc(NCc2ccccn2)c(Br)cc1N. The van der Waals surface area contributed by atoms with Gasteiger partial charge in [0, 0.05) is 22.0 Å². The van der Waals surface area contributed by atoms with E-state index in [2.05, 4.69) is 26.2 Å². The van der Waals surface area contributed by atoms with Crippen LogP contribution in [0.3, 0.4) is 0 Å². The van der Waals surface area contributed by atoms with E-state index in [0.29, 0.717) is 6.54 Å². The summed E-state index contributed by atoms with van der Waals surface area (Å²) in [5.74, 6) is 0. The monoisotopic (exact) mass is 291 g/mol. The zero-order valence-electron chi connectivity index (χ0n) is 9.57. The summed E-state index contributed by atoms with van der Waals surface area (Å²) in [6.45, 7) is 2.69. The Morgan fingerprint density at radius 3 is 2.88 bits per heavy atom. The van der Waals surface area contributed by atoms with Crippen molar-refractivity contribution in [1.29, 1.82) is 0 Å². The van der Waals surface area contributed by atoms with E-state index in [1.807, 2.05) is 37.3 Å². The van der Waals surface area contributed by atoms with Crippen molar-refractivity contribution in [3.8, 4) is 0 Å². The summed E-state index contributed by atoms with van der Waals surface area (Å²) in [5.41, 5.74) is 9.72. The summed E-state index contributed by atoms with van der Waals surface area (Å²) in [6, 6.07) is 9.82. The van der Waals surface area contributed by atoms with Crippen LogP contribution in [-0.2, 0) is 6.54 Å². The normalized spacial score (nSPS) is 10.2. The van der Waals surface area contributed by atoms with E-state index >= 15 is 0 Å². The largest absolute Gasteiger partial charge is 0.398 e. The van der Waals surface area contributed by atoms with Crippen molar-refractivity contribution < 1.29 is 0 Å². The number of pyridine rings is 1. The average Bonchev–Trinajstić information content (AvgIpc) is 2.33. The lowest BCUT2D eigenvalue weighted by Crippen LogP contribution is -2.02. The number of aromatic nitrogens is 1. The second-order valence-corrected chi connectivity index (χ2v) is 4.72. The molecule has 17 heavy (non-hydrogen) atoms. The van der Waals surface area contributed by atoms with Gasteiger partial charge in [-0.1, -0.05) is 6.07 Å². The Balaban J connectivity index is 2.12. The predicted octanol–water partition coefficient (Wildman–Crippen LogP) is 3.35. The third-order valence-electron chi connectivity index (χ3n) is 2.54. The summed E-state index contributed by atoms with van der Waals surface area (Å²) in [6.07, 6.45) is 1.79. The van der Waals surface area contributed by atoms with Crippen LogP contribution in [0.4, 0.5) is 11.4 Å². The maximum atomic E-state index is 5.83. The van der Waals surface area contributed by atoms with E-state index < -0.39 is 0 Å². The quantitative estimate of drug-likeness (QED) is 0.853. The van der Waals surface area contributed by atoms with Crippen LogP contribution in [-0.4, -0.2) is 4.98 Å². The van der Waals surface area contributed by atoms with Gasteiger partial charge in [0.1, 0.15) is 0 Å². The van der Waals surface area contributed by atoms with Gasteiger partial charge in [-0.2, -0.15) is 0 Å². The van der Waals surface area contributed by atoms with Crippen molar-refractivity contribution in [1.82, 2.24) is 4.98 Å². The number of hydrogen-bond acceptors (Lipinski definition) is 3. The van der Waals surface area contributed by atoms with Gasteiger partial charge in [0.05, 0.1) is 12.2 Å². The van der Waals surface area contributed by atoms with Crippen LogP contribution in [0.1, 0.15) is 11.3 Å². The fraction of sp³-hybridized carbons (Fsp3) is 0.154. The molecule has 0 saturated heterocycles. The van der Waals surface area contributed by atoms with Gasteiger partial charge in [-0.3, -0.25) is 4.98 Å². The zero-order valence-corrected chi connectivity index (χ0v) is 11.2. The average molecular weight is 292 g/mol. The molecular formula is C13H14BrN3. The highest BCUT2D eigenvalue weighted by Crippen LogP contribution is 2.27. The molecule has 88 valence electrons. The number of nitrogens with zero attached hydrogens (tertiary/aromatic N) is 1. The molecule has 1 heterocycles. The summed E-state index contributed by atoms with van der Waals surface area (Å²) >= 11 is 3.49. The van der Waals surface area contributed by atoms with Crippen LogP contribution in [0.5, 0.6) is 0 Å². The number of nitrogen functional groups attached to an aromatic ring is 1. The molecule has 1 aromatic carbocycles. The Morgan fingerprint density at radius 2 is 2.18 bits per heavy atom. The fourth-order valence-corrected chi connectivity index (χ4v) is 2.02. The van der Waals surface area contributed by atoms with E-state index in [0.717, 1.165) is 27.1 Å². The van der Waals surface area contributed by atoms with Crippen LogP contribution in [0.15, 0.2) is 41.0 Å². The molecule has 2 aromatic rings. The highest BCUT2D eigenvalue weighted by atomic mass is 79.9. The highest BCUT2D eigenvalue weighted by Gasteiger charge is 2.03. The molecule has 0 bridgehead atoms. The van der Waals surface area contributed by atoms with Crippen molar-refractivity contribution in [2.75, 3.05) is 11.1 Å². The Hall–Kier alpha value is -1.55. The van der Waals surface area contributed by atoms with Crippen LogP contribution >= 0.6 is 15.9 Å². The number of benzene rings is 1. The third-order valence-corrected chi connectivity index (χ3v) is 3.20. The number of nitrogens with one attached hydrogen (secondary N) is 1. The molecule has 0 radical (unpaired) electrons. The van der Waals surface area contributed by atoms with Gasteiger partial charge < -0.3 is 11.1 Å². The fourth-order valence-electron chi connectivity index (χ4n) is 1.52. The second kappa shape index (κ2) is 5.19. The van der Waals surface area contributed by atoms with Crippen LogP contribution < -0.4 is 11.1 Å². The van der Waals surface area contributed by atoms with Gasteiger partial charge in [0.2, 0.25) is 0 Å². The first kappa shape index (κ1) is 11.9. The highest BCUT2D eigenvalue weighted by molar-refractivity contribution is 9.10. The molecule has 0 aliphatic rings. The molecule has 0 atom stereocenters. The molecule has 2 rings (SSSR count). The minimum absolute atomic E-state index is 0.697. The summed E-state index contributed by atoms with van der Waals surface area (Å²) in [4.78, 5) is 4.26.